The normalized spacial score (nSPS) is 14.3. The third-order valence-electron chi connectivity index (χ3n) is 3.62. The average molecular weight is 241 g/mol. The smallest absolute Gasteiger partial charge is 0.123 e. The number of fused-ring (bicyclic) bond motifs is 1. The van der Waals surface area contributed by atoms with Crippen LogP contribution in [0, 0.1) is 12.7 Å². The standard InChI is InChI=1S/C16H16FN/c1-11-9-13(17)5-6-14(11)15-4-2-3-12-7-8-18-10-16(12)15/h2-6,9,18H,7-8,10H2,1H3. The highest BCUT2D eigenvalue weighted by atomic mass is 19.1. The summed E-state index contributed by atoms with van der Waals surface area (Å²) in [4.78, 5) is 0. The SMILES string of the molecule is Cc1cc(F)ccc1-c1cccc2c1CNCC2. The molecule has 1 aliphatic heterocycles. The summed E-state index contributed by atoms with van der Waals surface area (Å²) in [5.41, 5.74) is 6.14. The highest BCUT2D eigenvalue weighted by Gasteiger charge is 2.14. The average Bonchev–Trinajstić information content (AvgIpc) is 2.38. The van der Waals surface area contributed by atoms with Gasteiger partial charge in [-0.3, -0.25) is 0 Å². The molecule has 0 amide bonds. The quantitative estimate of drug-likeness (QED) is 0.806. The second-order valence-corrected chi connectivity index (χ2v) is 4.83. The van der Waals surface area contributed by atoms with Crippen molar-refractivity contribution in [3.63, 3.8) is 0 Å². The number of aryl methyl sites for hydroxylation is 1. The van der Waals surface area contributed by atoms with Crippen LogP contribution in [0.25, 0.3) is 11.1 Å². The molecule has 0 radical (unpaired) electrons. The molecule has 1 aliphatic rings. The topological polar surface area (TPSA) is 12.0 Å². The number of halogens is 1. The van der Waals surface area contributed by atoms with E-state index in [2.05, 4.69) is 23.5 Å². The molecule has 3 rings (SSSR count). The number of hydrogen-bond donors (Lipinski definition) is 1. The Morgan fingerprint density at radius 3 is 2.83 bits per heavy atom. The summed E-state index contributed by atoms with van der Waals surface area (Å²) in [6, 6.07) is 11.4. The molecule has 0 fully saturated rings. The second-order valence-electron chi connectivity index (χ2n) is 4.83. The summed E-state index contributed by atoms with van der Waals surface area (Å²) in [6.07, 6.45) is 1.07. The van der Waals surface area contributed by atoms with Gasteiger partial charge in [0.2, 0.25) is 0 Å². The van der Waals surface area contributed by atoms with Gasteiger partial charge < -0.3 is 5.32 Å². The minimum absolute atomic E-state index is 0.167. The van der Waals surface area contributed by atoms with Gasteiger partial charge in [0.15, 0.2) is 0 Å². The van der Waals surface area contributed by atoms with Crippen LogP contribution in [-0.4, -0.2) is 6.54 Å². The monoisotopic (exact) mass is 241 g/mol. The molecule has 92 valence electrons. The van der Waals surface area contributed by atoms with Crippen LogP contribution in [0.4, 0.5) is 4.39 Å². The van der Waals surface area contributed by atoms with Crippen LogP contribution in [0.2, 0.25) is 0 Å². The van der Waals surface area contributed by atoms with Crippen LogP contribution < -0.4 is 5.32 Å². The molecule has 2 aromatic carbocycles. The van der Waals surface area contributed by atoms with Gasteiger partial charge in [-0.1, -0.05) is 24.3 Å². The second kappa shape index (κ2) is 4.54. The molecule has 0 atom stereocenters. The third kappa shape index (κ3) is 1.93. The van der Waals surface area contributed by atoms with Gasteiger partial charge in [0.1, 0.15) is 5.82 Å². The van der Waals surface area contributed by atoms with Gasteiger partial charge in [-0.15, -0.1) is 0 Å². The lowest BCUT2D eigenvalue weighted by atomic mass is 9.90. The Balaban J connectivity index is 2.17. The van der Waals surface area contributed by atoms with E-state index in [-0.39, 0.29) is 5.82 Å². The van der Waals surface area contributed by atoms with Gasteiger partial charge >= 0.3 is 0 Å². The summed E-state index contributed by atoms with van der Waals surface area (Å²) in [5, 5.41) is 3.41. The third-order valence-corrected chi connectivity index (χ3v) is 3.62. The van der Waals surface area contributed by atoms with E-state index in [9.17, 15) is 4.39 Å². The lowest BCUT2D eigenvalue weighted by molar-refractivity contribution is 0.626. The van der Waals surface area contributed by atoms with Gasteiger partial charge in [0, 0.05) is 6.54 Å². The van der Waals surface area contributed by atoms with E-state index in [0.29, 0.717) is 0 Å². The van der Waals surface area contributed by atoms with Gasteiger partial charge in [0.05, 0.1) is 0 Å². The van der Waals surface area contributed by atoms with E-state index >= 15 is 0 Å². The van der Waals surface area contributed by atoms with Crippen molar-refractivity contribution in [3.8, 4) is 11.1 Å². The van der Waals surface area contributed by atoms with Gasteiger partial charge in [-0.25, -0.2) is 4.39 Å². The molecule has 0 bridgehead atoms. The highest BCUT2D eigenvalue weighted by Crippen LogP contribution is 2.30. The van der Waals surface area contributed by atoms with E-state index in [1.54, 1.807) is 6.07 Å². The first-order valence-corrected chi connectivity index (χ1v) is 6.34. The van der Waals surface area contributed by atoms with Crippen molar-refractivity contribution in [2.24, 2.45) is 0 Å². The van der Waals surface area contributed by atoms with Crippen molar-refractivity contribution in [2.75, 3.05) is 6.54 Å². The van der Waals surface area contributed by atoms with Crippen molar-refractivity contribution in [1.82, 2.24) is 5.32 Å². The Kier molecular flexibility index (Phi) is 2.88. The van der Waals surface area contributed by atoms with Crippen LogP contribution in [0.5, 0.6) is 0 Å². The van der Waals surface area contributed by atoms with Crippen LogP contribution in [0.1, 0.15) is 16.7 Å². The maximum absolute atomic E-state index is 13.2. The van der Waals surface area contributed by atoms with Crippen molar-refractivity contribution in [3.05, 3.63) is 58.9 Å². The first kappa shape index (κ1) is 11.4. The van der Waals surface area contributed by atoms with E-state index < -0.39 is 0 Å². The molecular weight excluding hydrogens is 225 g/mol. The molecule has 2 aromatic rings. The molecule has 1 heterocycles. The fourth-order valence-electron chi connectivity index (χ4n) is 2.70. The largest absolute Gasteiger partial charge is 0.312 e. The predicted molar refractivity (Wildman–Crippen MR) is 72.0 cm³/mol. The van der Waals surface area contributed by atoms with Crippen LogP contribution >= 0.6 is 0 Å². The summed E-state index contributed by atoms with van der Waals surface area (Å²) in [5.74, 6) is -0.167. The van der Waals surface area contributed by atoms with Crippen molar-refractivity contribution in [1.29, 1.82) is 0 Å². The Bertz CT molecular complexity index is 590. The maximum Gasteiger partial charge on any atom is 0.123 e. The number of rotatable bonds is 1. The molecule has 0 aliphatic carbocycles. The molecule has 0 saturated carbocycles. The Hall–Kier alpha value is -1.67. The van der Waals surface area contributed by atoms with Crippen molar-refractivity contribution < 1.29 is 4.39 Å². The Morgan fingerprint density at radius 1 is 1.11 bits per heavy atom. The minimum Gasteiger partial charge on any atom is -0.312 e. The maximum atomic E-state index is 13.2. The molecule has 2 heteroatoms. The molecule has 0 unspecified atom stereocenters. The molecule has 0 spiro atoms. The fourth-order valence-corrected chi connectivity index (χ4v) is 2.70. The van der Waals surface area contributed by atoms with E-state index in [1.807, 2.05) is 13.0 Å². The van der Waals surface area contributed by atoms with Gasteiger partial charge in [-0.05, 0) is 59.8 Å². The Labute approximate surface area is 107 Å². The molecule has 18 heavy (non-hydrogen) atoms. The zero-order valence-electron chi connectivity index (χ0n) is 10.5. The number of benzene rings is 2. The van der Waals surface area contributed by atoms with E-state index in [4.69, 9.17) is 0 Å². The summed E-state index contributed by atoms with van der Waals surface area (Å²) >= 11 is 0. The first-order chi connectivity index (χ1) is 8.75. The zero-order valence-corrected chi connectivity index (χ0v) is 10.5. The Morgan fingerprint density at radius 2 is 2.00 bits per heavy atom. The summed E-state index contributed by atoms with van der Waals surface area (Å²) in [7, 11) is 0. The number of nitrogens with one attached hydrogen (secondary N) is 1. The van der Waals surface area contributed by atoms with Gasteiger partial charge in [-0.2, -0.15) is 0 Å². The first-order valence-electron chi connectivity index (χ1n) is 6.34. The van der Waals surface area contributed by atoms with Gasteiger partial charge in [0.25, 0.3) is 0 Å². The molecular formula is C16H16FN. The minimum atomic E-state index is -0.167. The van der Waals surface area contributed by atoms with E-state index in [0.717, 1.165) is 30.6 Å². The predicted octanol–water partition coefficient (Wildman–Crippen LogP) is 3.45. The van der Waals surface area contributed by atoms with Crippen LogP contribution in [-0.2, 0) is 13.0 Å². The van der Waals surface area contributed by atoms with E-state index in [1.165, 1.54) is 22.8 Å². The summed E-state index contributed by atoms with van der Waals surface area (Å²) in [6.45, 7) is 3.91. The molecule has 1 N–H and O–H groups in total. The van der Waals surface area contributed by atoms with Crippen LogP contribution in [0.15, 0.2) is 36.4 Å². The molecule has 0 saturated heterocycles. The fraction of sp³-hybridized carbons (Fsp3) is 0.250. The summed E-state index contributed by atoms with van der Waals surface area (Å²) < 4.78 is 13.2. The van der Waals surface area contributed by atoms with Crippen molar-refractivity contribution in [2.45, 2.75) is 19.9 Å². The highest BCUT2D eigenvalue weighted by molar-refractivity contribution is 5.72. The zero-order chi connectivity index (χ0) is 12.5. The molecule has 0 aromatic heterocycles. The molecule has 1 nitrogen and oxygen atoms in total. The van der Waals surface area contributed by atoms with Crippen LogP contribution in [0.3, 0.4) is 0 Å². The lowest BCUT2D eigenvalue weighted by Gasteiger charge is -2.21. The number of hydrogen-bond acceptors (Lipinski definition) is 1. The lowest BCUT2D eigenvalue weighted by Crippen LogP contribution is -2.24. The van der Waals surface area contributed by atoms with Crippen molar-refractivity contribution >= 4 is 0 Å².